The minimum Gasteiger partial charge on any atom is -0.508 e. The minimum atomic E-state index is -0.381. The lowest BCUT2D eigenvalue weighted by molar-refractivity contribution is 0.249. The van der Waals surface area contributed by atoms with Gasteiger partial charge in [0.05, 0.1) is 0 Å². The van der Waals surface area contributed by atoms with Gasteiger partial charge in [0.25, 0.3) is 0 Å². The summed E-state index contributed by atoms with van der Waals surface area (Å²) in [5.41, 5.74) is 1.63. The van der Waals surface area contributed by atoms with Gasteiger partial charge in [-0.2, -0.15) is 0 Å². The number of hydrogen-bond donors (Lipinski definition) is 1. The molecule has 26 heavy (non-hydrogen) atoms. The van der Waals surface area contributed by atoms with Crippen LogP contribution in [0.15, 0.2) is 51.8 Å². The van der Waals surface area contributed by atoms with Crippen molar-refractivity contribution >= 4 is 16.8 Å². The molecule has 0 radical (unpaired) electrons. The molecule has 2 aromatic heterocycles. The second-order valence-corrected chi connectivity index (χ2v) is 6.63. The van der Waals surface area contributed by atoms with Crippen LogP contribution in [0.2, 0.25) is 0 Å². The fourth-order valence-electron chi connectivity index (χ4n) is 3.46. The molecule has 1 N–H and O–H groups in total. The summed E-state index contributed by atoms with van der Waals surface area (Å²) in [6.07, 6.45) is 1.81. The molecule has 1 aliphatic rings. The molecular weight excluding hydrogens is 330 g/mol. The summed E-state index contributed by atoms with van der Waals surface area (Å²) >= 11 is 0. The second-order valence-electron chi connectivity index (χ2n) is 6.63. The van der Waals surface area contributed by atoms with Crippen molar-refractivity contribution in [1.29, 1.82) is 0 Å². The van der Waals surface area contributed by atoms with E-state index in [2.05, 4.69) is 14.8 Å². The Kier molecular flexibility index (Phi) is 4.34. The van der Waals surface area contributed by atoms with E-state index in [9.17, 15) is 9.90 Å². The zero-order valence-electron chi connectivity index (χ0n) is 14.7. The van der Waals surface area contributed by atoms with Crippen LogP contribution in [0.1, 0.15) is 11.1 Å². The van der Waals surface area contributed by atoms with Gasteiger partial charge in [-0.05, 0) is 36.8 Å². The van der Waals surface area contributed by atoms with E-state index < -0.39 is 0 Å². The van der Waals surface area contributed by atoms with Crippen LogP contribution in [0.25, 0.3) is 11.0 Å². The molecule has 0 amide bonds. The number of piperazine rings is 1. The molecule has 0 spiro atoms. The average Bonchev–Trinajstić information content (AvgIpc) is 2.66. The Hall–Kier alpha value is -2.86. The predicted octanol–water partition coefficient (Wildman–Crippen LogP) is 2.52. The molecule has 0 aliphatic carbocycles. The number of phenols is 1. The van der Waals surface area contributed by atoms with Gasteiger partial charge in [0.2, 0.25) is 0 Å². The smallest absolute Gasteiger partial charge is 0.336 e. The van der Waals surface area contributed by atoms with Crippen molar-refractivity contribution in [3.8, 4) is 5.75 Å². The van der Waals surface area contributed by atoms with Crippen LogP contribution in [-0.2, 0) is 6.54 Å². The number of rotatable bonds is 3. The maximum Gasteiger partial charge on any atom is 0.336 e. The Balaban J connectivity index is 1.54. The summed E-state index contributed by atoms with van der Waals surface area (Å²) in [4.78, 5) is 21.0. The minimum absolute atomic E-state index is 0.141. The SMILES string of the molecule is Cc1c(O)ccc2c(CN3CCN(c4ccccn4)CC3)cc(=O)oc12. The van der Waals surface area contributed by atoms with E-state index in [1.165, 1.54) is 0 Å². The molecule has 0 unspecified atom stereocenters. The molecule has 134 valence electrons. The van der Waals surface area contributed by atoms with E-state index in [0.29, 0.717) is 17.7 Å². The molecule has 0 saturated carbocycles. The van der Waals surface area contributed by atoms with E-state index in [1.807, 2.05) is 30.5 Å². The summed E-state index contributed by atoms with van der Waals surface area (Å²) in [5, 5.41) is 10.8. The van der Waals surface area contributed by atoms with E-state index in [4.69, 9.17) is 4.42 Å². The molecule has 4 rings (SSSR count). The maximum atomic E-state index is 12.0. The molecule has 1 aliphatic heterocycles. The van der Waals surface area contributed by atoms with E-state index in [-0.39, 0.29) is 11.4 Å². The van der Waals surface area contributed by atoms with Gasteiger partial charge in [0, 0.05) is 55.9 Å². The number of aryl methyl sites for hydroxylation is 1. The molecule has 0 bridgehead atoms. The Morgan fingerprint density at radius 2 is 1.96 bits per heavy atom. The Bertz CT molecular complexity index is 977. The number of nitrogens with zero attached hydrogens (tertiary/aromatic N) is 3. The van der Waals surface area contributed by atoms with Crippen molar-refractivity contribution in [1.82, 2.24) is 9.88 Å². The molecular formula is C20H21N3O3. The fraction of sp³-hybridized carbons (Fsp3) is 0.300. The summed E-state index contributed by atoms with van der Waals surface area (Å²) in [6.45, 7) is 6.04. The highest BCUT2D eigenvalue weighted by atomic mass is 16.4. The topological polar surface area (TPSA) is 69.8 Å². The monoisotopic (exact) mass is 351 g/mol. The van der Waals surface area contributed by atoms with Crippen molar-refractivity contribution in [2.75, 3.05) is 31.1 Å². The van der Waals surface area contributed by atoms with Gasteiger partial charge in [-0.15, -0.1) is 0 Å². The van der Waals surface area contributed by atoms with Crippen molar-refractivity contribution in [3.63, 3.8) is 0 Å². The van der Waals surface area contributed by atoms with Crippen LogP contribution < -0.4 is 10.5 Å². The summed E-state index contributed by atoms with van der Waals surface area (Å²) in [5.74, 6) is 1.14. The van der Waals surface area contributed by atoms with Crippen LogP contribution in [0.5, 0.6) is 5.75 Å². The highest BCUT2D eigenvalue weighted by molar-refractivity contribution is 5.84. The van der Waals surface area contributed by atoms with Crippen molar-refractivity contribution in [3.05, 3.63) is 64.1 Å². The number of anilines is 1. The van der Waals surface area contributed by atoms with Crippen LogP contribution in [0, 0.1) is 6.92 Å². The lowest BCUT2D eigenvalue weighted by Crippen LogP contribution is -2.46. The normalized spacial score (nSPS) is 15.5. The Morgan fingerprint density at radius 1 is 1.15 bits per heavy atom. The van der Waals surface area contributed by atoms with Gasteiger partial charge in [-0.3, -0.25) is 4.90 Å². The molecule has 6 heteroatoms. The number of phenolic OH excluding ortho intramolecular Hbond substituents is 1. The van der Waals surface area contributed by atoms with Gasteiger partial charge in [0.15, 0.2) is 0 Å². The van der Waals surface area contributed by atoms with Gasteiger partial charge < -0.3 is 14.4 Å². The summed E-state index contributed by atoms with van der Waals surface area (Å²) in [6, 6.07) is 11.0. The first-order valence-electron chi connectivity index (χ1n) is 8.75. The average molecular weight is 351 g/mol. The Morgan fingerprint density at radius 3 is 2.69 bits per heavy atom. The van der Waals surface area contributed by atoms with Crippen molar-refractivity contribution < 1.29 is 9.52 Å². The van der Waals surface area contributed by atoms with Gasteiger partial charge in [-0.25, -0.2) is 9.78 Å². The maximum absolute atomic E-state index is 12.0. The fourth-order valence-corrected chi connectivity index (χ4v) is 3.46. The van der Waals surface area contributed by atoms with Crippen molar-refractivity contribution in [2.45, 2.75) is 13.5 Å². The number of benzene rings is 1. The largest absolute Gasteiger partial charge is 0.508 e. The molecule has 6 nitrogen and oxygen atoms in total. The lowest BCUT2D eigenvalue weighted by Gasteiger charge is -2.35. The summed E-state index contributed by atoms with van der Waals surface area (Å²) in [7, 11) is 0. The van der Waals surface area contributed by atoms with Gasteiger partial charge in [-0.1, -0.05) is 6.07 Å². The van der Waals surface area contributed by atoms with E-state index >= 15 is 0 Å². The highest BCUT2D eigenvalue weighted by Gasteiger charge is 2.19. The van der Waals surface area contributed by atoms with E-state index in [0.717, 1.165) is 42.9 Å². The first-order chi connectivity index (χ1) is 12.6. The molecule has 1 fully saturated rings. The predicted molar refractivity (Wildman–Crippen MR) is 101 cm³/mol. The molecule has 3 aromatic rings. The third-order valence-electron chi connectivity index (χ3n) is 4.96. The quantitative estimate of drug-likeness (QED) is 0.731. The number of pyridine rings is 1. The standard InChI is InChI=1S/C20H21N3O3/c1-14-17(24)6-5-16-15(12-19(25)26-20(14)16)13-22-8-10-23(11-9-22)18-4-2-3-7-21-18/h2-7,12,24H,8-11,13H2,1H3. The van der Waals surface area contributed by atoms with Crippen LogP contribution in [0.4, 0.5) is 5.82 Å². The molecule has 1 saturated heterocycles. The molecule has 0 atom stereocenters. The molecule has 1 aromatic carbocycles. The number of hydrogen-bond acceptors (Lipinski definition) is 6. The number of aromatic hydroxyl groups is 1. The highest BCUT2D eigenvalue weighted by Crippen LogP contribution is 2.28. The van der Waals surface area contributed by atoms with E-state index in [1.54, 1.807) is 19.1 Å². The second kappa shape index (κ2) is 6.80. The zero-order valence-corrected chi connectivity index (χ0v) is 14.7. The zero-order chi connectivity index (χ0) is 18.1. The van der Waals surface area contributed by atoms with Crippen LogP contribution in [-0.4, -0.2) is 41.2 Å². The number of aromatic nitrogens is 1. The Labute approximate surface area is 151 Å². The lowest BCUT2D eigenvalue weighted by atomic mass is 10.1. The van der Waals surface area contributed by atoms with Gasteiger partial charge >= 0.3 is 5.63 Å². The van der Waals surface area contributed by atoms with Crippen LogP contribution >= 0.6 is 0 Å². The van der Waals surface area contributed by atoms with Gasteiger partial charge in [0.1, 0.15) is 17.2 Å². The molecule has 3 heterocycles. The number of fused-ring (bicyclic) bond motifs is 1. The first-order valence-corrected chi connectivity index (χ1v) is 8.75. The van der Waals surface area contributed by atoms with Crippen LogP contribution in [0.3, 0.4) is 0 Å². The first kappa shape index (κ1) is 16.6. The third-order valence-corrected chi connectivity index (χ3v) is 4.96. The summed E-state index contributed by atoms with van der Waals surface area (Å²) < 4.78 is 5.33. The van der Waals surface area contributed by atoms with Crippen molar-refractivity contribution in [2.24, 2.45) is 0 Å². The third kappa shape index (κ3) is 3.15.